The van der Waals surface area contributed by atoms with Gasteiger partial charge in [0.1, 0.15) is 0 Å². The van der Waals surface area contributed by atoms with Gasteiger partial charge < -0.3 is 4.52 Å². The average molecular weight is 216 g/mol. The highest BCUT2D eigenvalue weighted by atomic mass is 16.5. The molecule has 2 aromatic rings. The average Bonchev–Trinajstić information content (AvgIpc) is 2.76. The quantitative estimate of drug-likeness (QED) is 0.786. The summed E-state index contributed by atoms with van der Waals surface area (Å²) < 4.78 is 5.23. The highest BCUT2D eigenvalue weighted by molar-refractivity contribution is 5.53. The second kappa shape index (κ2) is 4.92. The van der Waals surface area contributed by atoms with Gasteiger partial charge in [-0.15, -0.1) is 0 Å². The third-order valence-corrected chi connectivity index (χ3v) is 2.52. The summed E-state index contributed by atoms with van der Waals surface area (Å²) in [5, 5.41) is 3.97. The van der Waals surface area contributed by atoms with Crippen LogP contribution in [0.5, 0.6) is 0 Å². The highest BCUT2D eigenvalue weighted by Gasteiger charge is 2.07. The minimum absolute atomic E-state index is 0.617. The van der Waals surface area contributed by atoms with Crippen molar-refractivity contribution in [1.29, 1.82) is 0 Å². The maximum absolute atomic E-state index is 5.23. The molecule has 0 bridgehead atoms. The lowest BCUT2D eigenvalue weighted by Gasteiger charge is -1.94. The van der Waals surface area contributed by atoms with Crippen molar-refractivity contribution in [1.82, 2.24) is 10.1 Å². The van der Waals surface area contributed by atoms with Crippen LogP contribution in [0.1, 0.15) is 31.2 Å². The van der Waals surface area contributed by atoms with E-state index in [0.717, 1.165) is 30.7 Å². The number of aryl methyl sites for hydroxylation is 2. The molecule has 3 heteroatoms. The van der Waals surface area contributed by atoms with E-state index < -0.39 is 0 Å². The number of unbranched alkanes of at least 4 members (excludes halogenated alkanes) is 1. The Labute approximate surface area is 95.5 Å². The van der Waals surface area contributed by atoms with E-state index in [2.05, 4.69) is 24.0 Å². The first-order chi connectivity index (χ1) is 7.79. The molecule has 2 rings (SSSR count). The minimum atomic E-state index is 0.617. The van der Waals surface area contributed by atoms with Gasteiger partial charge in [-0.05, 0) is 25.5 Å². The van der Waals surface area contributed by atoms with Crippen molar-refractivity contribution >= 4 is 0 Å². The molecule has 0 saturated carbocycles. The zero-order chi connectivity index (χ0) is 11.4. The molecule has 0 spiro atoms. The molecule has 0 aliphatic heterocycles. The van der Waals surface area contributed by atoms with Crippen molar-refractivity contribution in [3.05, 3.63) is 35.7 Å². The van der Waals surface area contributed by atoms with Crippen LogP contribution < -0.4 is 0 Å². The Bertz CT molecular complexity index is 445. The van der Waals surface area contributed by atoms with Crippen molar-refractivity contribution in [3.8, 4) is 11.5 Å². The predicted octanol–water partition coefficient (Wildman–Crippen LogP) is 3.39. The van der Waals surface area contributed by atoms with Crippen molar-refractivity contribution in [2.45, 2.75) is 33.1 Å². The molecule has 0 unspecified atom stereocenters. The lowest BCUT2D eigenvalue weighted by molar-refractivity contribution is 0.421. The zero-order valence-corrected chi connectivity index (χ0v) is 9.73. The minimum Gasteiger partial charge on any atom is -0.334 e. The van der Waals surface area contributed by atoms with Crippen LogP contribution in [0.4, 0.5) is 0 Å². The molecule has 0 fully saturated rings. The first-order valence-electron chi connectivity index (χ1n) is 5.69. The van der Waals surface area contributed by atoms with Crippen LogP contribution in [0.3, 0.4) is 0 Å². The Morgan fingerprint density at radius 3 is 2.62 bits per heavy atom. The van der Waals surface area contributed by atoms with Crippen LogP contribution in [0, 0.1) is 6.92 Å². The molecule has 1 aromatic carbocycles. The van der Waals surface area contributed by atoms with Crippen molar-refractivity contribution in [3.63, 3.8) is 0 Å². The summed E-state index contributed by atoms with van der Waals surface area (Å²) in [6.07, 6.45) is 3.15. The summed E-state index contributed by atoms with van der Waals surface area (Å²) in [6.45, 7) is 4.21. The fraction of sp³-hybridized carbons (Fsp3) is 0.385. The standard InChI is InChI=1S/C13H16N2O/c1-3-4-5-12-14-13(16-15-12)11-8-6-10(2)7-9-11/h6-9H,3-5H2,1-2H3. The monoisotopic (exact) mass is 216 g/mol. The summed E-state index contributed by atoms with van der Waals surface area (Å²) in [4.78, 5) is 4.37. The Hall–Kier alpha value is -1.64. The third kappa shape index (κ3) is 2.48. The van der Waals surface area contributed by atoms with Gasteiger partial charge in [0.15, 0.2) is 5.82 Å². The molecule has 0 atom stereocenters. The Morgan fingerprint density at radius 2 is 1.94 bits per heavy atom. The van der Waals surface area contributed by atoms with E-state index in [9.17, 15) is 0 Å². The molecule has 16 heavy (non-hydrogen) atoms. The number of hydrogen-bond donors (Lipinski definition) is 0. The Kier molecular flexibility index (Phi) is 3.34. The van der Waals surface area contributed by atoms with E-state index in [1.54, 1.807) is 0 Å². The molecule has 0 aliphatic rings. The molecule has 0 aliphatic carbocycles. The second-order valence-corrected chi connectivity index (χ2v) is 3.99. The van der Waals surface area contributed by atoms with Gasteiger partial charge in [-0.3, -0.25) is 0 Å². The summed E-state index contributed by atoms with van der Waals surface area (Å²) in [5.74, 6) is 1.42. The second-order valence-electron chi connectivity index (χ2n) is 3.99. The van der Waals surface area contributed by atoms with Gasteiger partial charge in [0, 0.05) is 12.0 Å². The van der Waals surface area contributed by atoms with E-state index in [1.807, 2.05) is 24.3 Å². The number of hydrogen-bond acceptors (Lipinski definition) is 3. The van der Waals surface area contributed by atoms with E-state index in [1.165, 1.54) is 5.56 Å². The first-order valence-corrected chi connectivity index (χ1v) is 5.69. The van der Waals surface area contributed by atoms with Gasteiger partial charge in [-0.25, -0.2) is 0 Å². The predicted molar refractivity (Wildman–Crippen MR) is 63.1 cm³/mol. The lowest BCUT2D eigenvalue weighted by atomic mass is 10.1. The molecule has 84 valence electrons. The summed E-state index contributed by atoms with van der Waals surface area (Å²) >= 11 is 0. The zero-order valence-electron chi connectivity index (χ0n) is 9.73. The molecular formula is C13H16N2O. The number of nitrogens with zero attached hydrogens (tertiary/aromatic N) is 2. The fourth-order valence-electron chi connectivity index (χ4n) is 1.50. The largest absolute Gasteiger partial charge is 0.334 e. The smallest absolute Gasteiger partial charge is 0.257 e. The molecule has 0 saturated heterocycles. The van der Waals surface area contributed by atoms with Gasteiger partial charge >= 0.3 is 0 Å². The summed E-state index contributed by atoms with van der Waals surface area (Å²) in [5.41, 5.74) is 2.22. The molecule has 0 radical (unpaired) electrons. The van der Waals surface area contributed by atoms with Crippen LogP contribution in [-0.4, -0.2) is 10.1 Å². The first kappa shape index (κ1) is 10.9. The SMILES string of the molecule is CCCCc1noc(-c2ccc(C)cc2)n1. The van der Waals surface area contributed by atoms with Crippen LogP contribution in [0.2, 0.25) is 0 Å². The van der Waals surface area contributed by atoms with E-state index in [-0.39, 0.29) is 0 Å². The van der Waals surface area contributed by atoms with Gasteiger partial charge in [-0.1, -0.05) is 36.2 Å². The molecular weight excluding hydrogens is 200 g/mol. The Morgan fingerprint density at radius 1 is 1.19 bits per heavy atom. The number of rotatable bonds is 4. The van der Waals surface area contributed by atoms with Crippen LogP contribution >= 0.6 is 0 Å². The topological polar surface area (TPSA) is 38.9 Å². The fourth-order valence-corrected chi connectivity index (χ4v) is 1.50. The van der Waals surface area contributed by atoms with Crippen molar-refractivity contribution in [2.24, 2.45) is 0 Å². The normalized spacial score (nSPS) is 10.6. The third-order valence-electron chi connectivity index (χ3n) is 2.52. The molecule has 1 heterocycles. The number of aromatic nitrogens is 2. The van der Waals surface area contributed by atoms with Gasteiger partial charge in [0.2, 0.25) is 0 Å². The van der Waals surface area contributed by atoms with Crippen LogP contribution in [0.25, 0.3) is 11.5 Å². The maximum atomic E-state index is 5.23. The van der Waals surface area contributed by atoms with Gasteiger partial charge in [0.25, 0.3) is 5.89 Å². The molecule has 1 aromatic heterocycles. The summed E-state index contributed by atoms with van der Waals surface area (Å²) in [7, 11) is 0. The lowest BCUT2D eigenvalue weighted by Crippen LogP contribution is -1.87. The Balaban J connectivity index is 2.15. The van der Waals surface area contributed by atoms with Gasteiger partial charge in [0.05, 0.1) is 0 Å². The van der Waals surface area contributed by atoms with Crippen molar-refractivity contribution in [2.75, 3.05) is 0 Å². The number of benzene rings is 1. The van der Waals surface area contributed by atoms with Crippen LogP contribution in [0.15, 0.2) is 28.8 Å². The van der Waals surface area contributed by atoms with Gasteiger partial charge in [-0.2, -0.15) is 4.98 Å². The highest BCUT2D eigenvalue weighted by Crippen LogP contribution is 2.17. The van der Waals surface area contributed by atoms with Crippen molar-refractivity contribution < 1.29 is 4.52 Å². The van der Waals surface area contributed by atoms with E-state index in [4.69, 9.17) is 4.52 Å². The van der Waals surface area contributed by atoms with Crippen LogP contribution in [-0.2, 0) is 6.42 Å². The van der Waals surface area contributed by atoms with E-state index in [0.29, 0.717) is 5.89 Å². The van der Waals surface area contributed by atoms with E-state index >= 15 is 0 Å². The summed E-state index contributed by atoms with van der Waals surface area (Å²) in [6, 6.07) is 8.11. The molecule has 0 N–H and O–H groups in total. The molecule has 0 amide bonds. The molecule has 3 nitrogen and oxygen atoms in total. The maximum Gasteiger partial charge on any atom is 0.257 e.